The van der Waals surface area contributed by atoms with Gasteiger partial charge in [0.1, 0.15) is 0 Å². The lowest BCUT2D eigenvalue weighted by atomic mass is 9.70. The third kappa shape index (κ3) is 2.76. The Balaban J connectivity index is 1.40. The number of carbonyl (C=O) groups is 1. The highest BCUT2D eigenvalue weighted by atomic mass is 16.5. The van der Waals surface area contributed by atoms with E-state index in [2.05, 4.69) is 47.7 Å². The molecule has 32 heavy (non-hydrogen) atoms. The topological polar surface area (TPSA) is 74.6 Å². The second-order valence-corrected chi connectivity index (χ2v) is 10.0. The van der Waals surface area contributed by atoms with Crippen molar-refractivity contribution in [2.75, 3.05) is 50.0 Å². The van der Waals surface area contributed by atoms with Gasteiger partial charge in [0.25, 0.3) is 0 Å². The highest BCUT2D eigenvalue weighted by Gasteiger charge is 2.40. The number of H-pyrrole nitrogens is 1. The number of anilines is 2. The highest BCUT2D eigenvalue weighted by Crippen LogP contribution is 2.45. The van der Waals surface area contributed by atoms with Crippen LogP contribution < -0.4 is 10.6 Å². The molecule has 0 unspecified atom stereocenters. The molecule has 0 amide bonds. The lowest BCUT2D eigenvalue weighted by molar-refractivity contribution is -0.0660. The summed E-state index contributed by atoms with van der Waals surface area (Å²) >= 11 is 0. The van der Waals surface area contributed by atoms with Crippen molar-refractivity contribution in [3.63, 3.8) is 0 Å². The van der Waals surface area contributed by atoms with Gasteiger partial charge in [-0.05, 0) is 42.3 Å². The zero-order valence-corrected chi connectivity index (χ0v) is 19.0. The van der Waals surface area contributed by atoms with Crippen LogP contribution in [0.1, 0.15) is 46.6 Å². The molecule has 0 spiro atoms. The van der Waals surface area contributed by atoms with Crippen LogP contribution in [-0.4, -0.2) is 61.1 Å². The van der Waals surface area contributed by atoms with Crippen molar-refractivity contribution in [2.24, 2.45) is 0 Å². The van der Waals surface area contributed by atoms with E-state index >= 15 is 0 Å². The molecule has 0 atom stereocenters. The summed E-state index contributed by atoms with van der Waals surface area (Å²) in [4.78, 5) is 22.2. The predicted molar refractivity (Wildman–Crippen MR) is 128 cm³/mol. The molecule has 6 heteroatoms. The molecular formula is C26H30N4O2. The van der Waals surface area contributed by atoms with Crippen molar-refractivity contribution >= 4 is 28.1 Å². The number of aromatic nitrogens is 1. The van der Waals surface area contributed by atoms with Gasteiger partial charge in [-0.15, -0.1) is 0 Å². The van der Waals surface area contributed by atoms with Crippen molar-refractivity contribution in [1.82, 2.24) is 9.88 Å². The minimum atomic E-state index is -0.306. The first-order chi connectivity index (χ1) is 15.3. The van der Waals surface area contributed by atoms with E-state index in [1.165, 1.54) is 11.3 Å². The standard InChI is InChI=1S/C26H30N4O2/c1-15-10-19-20(12-22(15)30-8-6-29(7-9-30)17-13-32-14-17)26(2,3)25-23(24(19)31)18-5-4-16(27)11-21(18)28-25/h4-5,10-12,17,28H,6-9,13-14,27H2,1-3H3. The third-order valence-corrected chi connectivity index (χ3v) is 7.72. The van der Waals surface area contributed by atoms with Crippen LogP contribution in [0.2, 0.25) is 0 Å². The Morgan fingerprint density at radius 2 is 1.84 bits per heavy atom. The molecule has 2 aromatic carbocycles. The maximum absolute atomic E-state index is 13.7. The number of benzene rings is 2. The molecule has 0 saturated carbocycles. The molecular weight excluding hydrogens is 400 g/mol. The predicted octanol–water partition coefficient (Wildman–Crippen LogP) is 3.45. The van der Waals surface area contributed by atoms with Gasteiger partial charge in [0.2, 0.25) is 0 Å². The Labute approximate surface area is 188 Å². The van der Waals surface area contributed by atoms with Crippen LogP contribution in [0.5, 0.6) is 0 Å². The fraction of sp³-hybridized carbons (Fsp3) is 0.423. The fourth-order valence-corrected chi connectivity index (χ4v) is 5.69. The average Bonchev–Trinajstić information content (AvgIpc) is 3.11. The summed E-state index contributed by atoms with van der Waals surface area (Å²) in [6, 6.07) is 10.7. The van der Waals surface area contributed by atoms with Gasteiger partial charge in [0, 0.05) is 65.1 Å². The number of carbonyl (C=O) groups excluding carboxylic acids is 1. The van der Waals surface area contributed by atoms with E-state index in [9.17, 15) is 4.79 Å². The van der Waals surface area contributed by atoms with Gasteiger partial charge in [-0.3, -0.25) is 9.69 Å². The summed E-state index contributed by atoms with van der Waals surface area (Å²) < 4.78 is 5.37. The first-order valence-electron chi connectivity index (χ1n) is 11.5. The SMILES string of the molecule is Cc1cc2c(cc1N1CCN(C3COC3)CC1)C(C)(C)c1[nH]c3cc(N)ccc3c1C2=O. The summed E-state index contributed by atoms with van der Waals surface area (Å²) in [5, 5.41) is 0.954. The van der Waals surface area contributed by atoms with Gasteiger partial charge < -0.3 is 20.4 Å². The number of aromatic amines is 1. The zero-order chi connectivity index (χ0) is 22.2. The summed E-state index contributed by atoms with van der Waals surface area (Å²) in [7, 11) is 0. The molecule has 2 saturated heterocycles. The number of hydrogen-bond acceptors (Lipinski definition) is 5. The first kappa shape index (κ1) is 19.8. The quantitative estimate of drug-likeness (QED) is 0.609. The van der Waals surface area contributed by atoms with Gasteiger partial charge in [0.05, 0.1) is 24.8 Å². The lowest BCUT2D eigenvalue weighted by Crippen LogP contribution is -2.56. The van der Waals surface area contributed by atoms with E-state index in [4.69, 9.17) is 10.5 Å². The van der Waals surface area contributed by atoms with Crippen LogP contribution in [0.3, 0.4) is 0 Å². The van der Waals surface area contributed by atoms with Crippen LogP contribution in [0.4, 0.5) is 11.4 Å². The van der Waals surface area contributed by atoms with E-state index in [-0.39, 0.29) is 11.2 Å². The molecule has 3 heterocycles. The Bertz CT molecular complexity index is 1250. The number of nitrogen functional groups attached to an aromatic ring is 1. The Hall–Kier alpha value is -2.83. The van der Waals surface area contributed by atoms with Crippen molar-refractivity contribution in [1.29, 1.82) is 0 Å². The molecule has 1 aliphatic carbocycles. The third-order valence-electron chi connectivity index (χ3n) is 7.72. The minimum absolute atomic E-state index is 0.106. The van der Waals surface area contributed by atoms with E-state index in [0.717, 1.165) is 72.7 Å². The largest absolute Gasteiger partial charge is 0.399 e. The second kappa shape index (κ2) is 6.83. The van der Waals surface area contributed by atoms with Crippen LogP contribution >= 0.6 is 0 Å². The summed E-state index contributed by atoms with van der Waals surface area (Å²) in [6.07, 6.45) is 0. The summed E-state index contributed by atoms with van der Waals surface area (Å²) in [5.41, 5.74) is 13.5. The van der Waals surface area contributed by atoms with Gasteiger partial charge in [-0.1, -0.05) is 19.9 Å². The number of nitrogens with two attached hydrogens (primary N) is 1. The van der Waals surface area contributed by atoms with Crippen LogP contribution in [0.15, 0.2) is 30.3 Å². The van der Waals surface area contributed by atoms with Crippen LogP contribution in [0.25, 0.3) is 10.9 Å². The fourth-order valence-electron chi connectivity index (χ4n) is 5.69. The van der Waals surface area contributed by atoms with Gasteiger partial charge >= 0.3 is 0 Å². The molecule has 3 N–H and O–H groups in total. The number of rotatable bonds is 2. The first-order valence-corrected chi connectivity index (χ1v) is 11.5. The number of aryl methyl sites for hydroxylation is 1. The van der Waals surface area contributed by atoms with E-state index < -0.39 is 0 Å². The summed E-state index contributed by atoms with van der Waals surface area (Å²) in [5.74, 6) is 0.106. The van der Waals surface area contributed by atoms with Crippen molar-refractivity contribution < 1.29 is 9.53 Å². The molecule has 6 rings (SSSR count). The van der Waals surface area contributed by atoms with Gasteiger partial charge in [-0.25, -0.2) is 0 Å². The van der Waals surface area contributed by atoms with Crippen molar-refractivity contribution in [2.45, 2.75) is 32.2 Å². The number of nitrogens with zero attached hydrogens (tertiary/aromatic N) is 2. The van der Waals surface area contributed by atoms with Gasteiger partial charge in [0.15, 0.2) is 5.78 Å². The smallest absolute Gasteiger partial charge is 0.195 e. The van der Waals surface area contributed by atoms with Crippen LogP contribution in [-0.2, 0) is 10.2 Å². The number of nitrogens with one attached hydrogen (secondary N) is 1. The summed E-state index contributed by atoms with van der Waals surface area (Å²) in [6.45, 7) is 12.4. The molecule has 1 aromatic heterocycles. The highest BCUT2D eigenvalue weighted by molar-refractivity contribution is 6.20. The Kier molecular flexibility index (Phi) is 4.23. The van der Waals surface area contributed by atoms with E-state index in [1.807, 2.05) is 18.2 Å². The Morgan fingerprint density at radius 1 is 1.09 bits per heavy atom. The molecule has 2 aliphatic heterocycles. The Morgan fingerprint density at radius 3 is 2.53 bits per heavy atom. The normalized spacial score (nSPS) is 20.8. The number of piperazine rings is 1. The molecule has 6 nitrogen and oxygen atoms in total. The van der Waals surface area contributed by atoms with Gasteiger partial charge in [-0.2, -0.15) is 0 Å². The minimum Gasteiger partial charge on any atom is -0.399 e. The number of ether oxygens (including phenoxy) is 1. The molecule has 3 aromatic rings. The molecule has 2 fully saturated rings. The zero-order valence-electron chi connectivity index (χ0n) is 19.0. The lowest BCUT2D eigenvalue weighted by Gasteiger charge is -2.44. The van der Waals surface area contributed by atoms with Crippen molar-refractivity contribution in [3.05, 3.63) is 58.3 Å². The van der Waals surface area contributed by atoms with Crippen molar-refractivity contribution in [3.8, 4) is 0 Å². The number of ketones is 1. The van der Waals surface area contributed by atoms with E-state index in [1.54, 1.807) is 0 Å². The molecule has 166 valence electrons. The molecule has 0 bridgehead atoms. The van der Waals surface area contributed by atoms with E-state index in [0.29, 0.717) is 11.7 Å². The monoisotopic (exact) mass is 430 g/mol. The second-order valence-electron chi connectivity index (χ2n) is 10.0. The maximum atomic E-state index is 13.7. The van der Waals surface area contributed by atoms with Crippen LogP contribution in [0, 0.1) is 6.92 Å². The maximum Gasteiger partial charge on any atom is 0.195 e. The molecule has 3 aliphatic rings. The number of hydrogen-bond donors (Lipinski definition) is 2. The molecule has 0 radical (unpaired) electrons. The average molecular weight is 431 g/mol. The number of fused-ring (bicyclic) bond motifs is 4.